The zero-order valence-electron chi connectivity index (χ0n) is 11.6. The molecule has 0 atom stereocenters. The fraction of sp³-hybridized carbons (Fsp3) is 0.0667. The number of ether oxygens (including phenoxy) is 1. The first kappa shape index (κ1) is 15.0. The average Bonchev–Trinajstić information content (AvgIpc) is 3.04. The maximum Gasteiger partial charge on any atom is 0.264 e. The lowest BCUT2D eigenvalue weighted by Gasteiger charge is -2.08. The summed E-state index contributed by atoms with van der Waals surface area (Å²) in [6.45, 7) is 0. The third-order valence-corrected chi connectivity index (χ3v) is 3.10. The topological polar surface area (TPSA) is 48.2 Å². The minimum atomic E-state index is -1.68. The molecule has 0 saturated carbocycles. The number of hydrogen-bond donors (Lipinski definition) is 0. The van der Waals surface area contributed by atoms with Crippen molar-refractivity contribution in [3.63, 3.8) is 0 Å². The molecule has 0 spiro atoms. The fourth-order valence-corrected chi connectivity index (χ4v) is 2.01. The first-order valence-corrected chi connectivity index (χ1v) is 6.34. The second-order valence-corrected chi connectivity index (χ2v) is 4.45. The van der Waals surface area contributed by atoms with Crippen molar-refractivity contribution in [1.29, 1.82) is 0 Å². The Balaban J connectivity index is 2.15. The standard InChI is InChI=1S/C15H8F4N2O2/c1-22-13-11(18)9(16)8(10(17)12(13)19)15-20-14(21-23-15)7-5-3-2-4-6-7/h2-6H,1H3. The van der Waals surface area contributed by atoms with Gasteiger partial charge in [0.2, 0.25) is 17.5 Å². The summed E-state index contributed by atoms with van der Waals surface area (Å²) in [5.41, 5.74) is -0.576. The first-order valence-electron chi connectivity index (χ1n) is 6.34. The molecule has 2 aromatic carbocycles. The number of rotatable bonds is 3. The van der Waals surface area contributed by atoms with E-state index in [2.05, 4.69) is 14.9 Å². The summed E-state index contributed by atoms with van der Waals surface area (Å²) >= 11 is 0. The van der Waals surface area contributed by atoms with Gasteiger partial charge in [0.15, 0.2) is 17.4 Å². The number of hydrogen-bond acceptors (Lipinski definition) is 4. The number of benzene rings is 2. The highest BCUT2D eigenvalue weighted by atomic mass is 19.2. The summed E-state index contributed by atoms with van der Waals surface area (Å²) in [6.07, 6.45) is 0. The van der Waals surface area contributed by atoms with E-state index in [4.69, 9.17) is 4.52 Å². The van der Waals surface area contributed by atoms with E-state index in [1.54, 1.807) is 30.3 Å². The average molecular weight is 324 g/mol. The van der Waals surface area contributed by atoms with Crippen molar-refractivity contribution >= 4 is 0 Å². The van der Waals surface area contributed by atoms with Crippen LogP contribution in [-0.2, 0) is 0 Å². The third kappa shape index (κ3) is 2.41. The van der Waals surface area contributed by atoms with Gasteiger partial charge in [0.25, 0.3) is 5.89 Å². The van der Waals surface area contributed by atoms with Crippen molar-refractivity contribution in [2.45, 2.75) is 0 Å². The molecule has 0 fully saturated rings. The van der Waals surface area contributed by atoms with Gasteiger partial charge in [0, 0.05) is 5.56 Å². The monoisotopic (exact) mass is 324 g/mol. The highest BCUT2D eigenvalue weighted by Gasteiger charge is 2.30. The van der Waals surface area contributed by atoms with Crippen LogP contribution in [0.25, 0.3) is 22.8 Å². The van der Waals surface area contributed by atoms with Crippen LogP contribution in [0.1, 0.15) is 0 Å². The van der Waals surface area contributed by atoms with Crippen molar-refractivity contribution in [3.05, 3.63) is 53.6 Å². The summed E-state index contributed by atoms with van der Waals surface area (Å²) in [4.78, 5) is 3.78. The van der Waals surface area contributed by atoms with E-state index in [0.717, 1.165) is 7.11 Å². The molecule has 4 nitrogen and oxygen atoms in total. The summed E-state index contributed by atoms with van der Waals surface area (Å²) in [6, 6.07) is 8.41. The van der Waals surface area contributed by atoms with Crippen LogP contribution in [0, 0.1) is 23.3 Å². The normalized spacial score (nSPS) is 10.8. The largest absolute Gasteiger partial charge is 0.491 e. The predicted molar refractivity (Wildman–Crippen MR) is 71.6 cm³/mol. The van der Waals surface area contributed by atoms with E-state index in [-0.39, 0.29) is 5.82 Å². The molecule has 3 rings (SSSR count). The van der Waals surface area contributed by atoms with E-state index >= 15 is 0 Å². The van der Waals surface area contributed by atoms with Crippen LogP contribution in [0.2, 0.25) is 0 Å². The minimum absolute atomic E-state index is 0.0241. The Morgan fingerprint density at radius 3 is 2.09 bits per heavy atom. The number of methoxy groups -OCH3 is 1. The van der Waals surface area contributed by atoms with Crippen LogP contribution in [0.3, 0.4) is 0 Å². The quantitative estimate of drug-likeness (QED) is 0.540. The van der Waals surface area contributed by atoms with Crippen molar-refractivity contribution < 1.29 is 26.8 Å². The van der Waals surface area contributed by atoms with Crippen LogP contribution in [0.5, 0.6) is 5.75 Å². The summed E-state index contributed by atoms with van der Waals surface area (Å²) in [7, 11) is 0.889. The molecule has 8 heteroatoms. The maximum atomic E-state index is 14.0. The Morgan fingerprint density at radius 1 is 0.913 bits per heavy atom. The molecule has 0 bridgehead atoms. The molecule has 0 aliphatic carbocycles. The molecule has 0 saturated heterocycles. The van der Waals surface area contributed by atoms with Gasteiger partial charge in [-0.15, -0.1) is 0 Å². The van der Waals surface area contributed by atoms with E-state index in [1.807, 2.05) is 0 Å². The molecular weight excluding hydrogens is 316 g/mol. The van der Waals surface area contributed by atoms with Crippen LogP contribution in [-0.4, -0.2) is 17.3 Å². The maximum absolute atomic E-state index is 14.0. The molecular formula is C15H8F4N2O2. The van der Waals surface area contributed by atoms with Crippen molar-refractivity contribution in [2.75, 3.05) is 7.11 Å². The lowest BCUT2D eigenvalue weighted by atomic mass is 10.1. The Morgan fingerprint density at radius 2 is 1.52 bits per heavy atom. The summed E-state index contributed by atoms with van der Waals surface area (Å²) < 4.78 is 64.5. The zero-order valence-corrected chi connectivity index (χ0v) is 11.6. The molecule has 1 aromatic heterocycles. The van der Waals surface area contributed by atoms with Crippen LogP contribution in [0.4, 0.5) is 17.6 Å². The van der Waals surface area contributed by atoms with E-state index in [0.29, 0.717) is 5.56 Å². The van der Waals surface area contributed by atoms with Gasteiger partial charge < -0.3 is 9.26 Å². The Bertz CT molecular complexity index is 836. The van der Waals surface area contributed by atoms with Gasteiger partial charge in [-0.2, -0.15) is 13.8 Å². The van der Waals surface area contributed by atoms with Gasteiger partial charge in [-0.3, -0.25) is 0 Å². The van der Waals surface area contributed by atoms with E-state index in [9.17, 15) is 17.6 Å². The minimum Gasteiger partial charge on any atom is -0.491 e. The molecule has 0 aliphatic heterocycles. The smallest absolute Gasteiger partial charge is 0.264 e. The Labute approximate surface area is 127 Å². The molecule has 23 heavy (non-hydrogen) atoms. The third-order valence-electron chi connectivity index (χ3n) is 3.10. The van der Waals surface area contributed by atoms with E-state index < -0.39 is 40.5 Å². The molecule has 0 unspecified atom stereocenters. The van der Waals surface area contributed by atoms with Crippen molar-refractivity contribution in [3.8, 4) is 28.6 Å². The van der Waals surface area contributed by atoms with Crippen molar-refractivity contribution in [2.24, 2.45) is 0 Å². The number of nitrogens with zero attached hydrogens (tertiary/aromatic N) is 2. The highest BCUT2D eigenvalue weighted by Crippen LogP contribution is 2.35. The van der Waals surface area contributed by atoms with Crippen LogP contribution in [0.15, 0.2) is 34.9 Å². The Kier molecular flexibility index (Phi) is 3.73. The van der Waals surface area contributed by atoms with Gasteiger partial charge in [-0.25, -0.2) is 8.78 Å². The van der Waals surface area contributed by atoms with Gasteiger partial charge >= 0.3 is 0 Å². The summed E-state index contributed by atoms with van der Waals surface area (Å²) in [5, 5.41) is 3.55. The van der Waals surface area contributed by atoms with Crippen LogP contribution < -0.4 is 4.74 Å². The second-order valence-electron chi connectivity index (χ2n) is 4.45. The highest BCUT2D eigenvalue weighted by molar-refractivity contribution is 5.62. The van der Waals surface area contributed by atoms with Gasteiger partial charge in [0.05, 0.1) is 7.11 Å². The lowest BCUT2D eigenvalue weighted by Crippen LogP contribution is -2.03. The predicted octanol–water partition coefficient (Wildman–Crippen LogP) is 3.97. The summed E-state index contributed by atoms with van der Waals surface area (Å²) in [5.74, 6) is -8.53. The zero-order chi connectivity index (χ0) is 16.6. The first-order chi connectivity index (χ1) is 11.0. The van der Waals surface area contributed by atoms with Gasteiger partial charge in [0.1, 0.15) is 5.56 Å². The second kappa shape index (κ2) is 5.71. The molecule has 118 valence electrons. The molecule has 0 aliphatic rings. The lowest BCUT2D eigenvalue weighted by molar-refractivity contribution is 0.331. The molecule has 0 N–H and O–H groups in total. The van der Waals surface area contributed by atoms with Gasteiger partial charge in [-0.1, -0.05) is 35.5 Å². The van der Waals surface area contributed by atoms with Gasteiger partial charge in [-0.05, 0) is 0 Å². The molecule has 0 amide bonds. The molecule has 1 heterocycles. The van der Waals surface area contributed by atoms with Crippen molar-refractivity contribution in [1.82, 2.24) is 10.1 Å². The SMILES string of the molecule is COc1c(F)c(F)c(-c2nc(-c3ccccc3)no2)c(F)c1F. The number of halogens is 4. The Hall–Kier alpha value is -2.90. The molecule has 0 radical (unpaired) electrons. The fourth-order valence-electron chi connectivity index (χ4n) is 2.01. The van der Waals surface area contributed by atoms with E-state index in [1.165, 1.54) is 0 Å². The molecule has 3 aromatic rings. The number of aromatic nitrogens is 2. The van der Waals surface area contributed by atoms with Crippen LogP contribution >= 0.6 is 0 Å².